The average molecular weight is 336 g/mol. The fraction of sp³-hybridized carbons (Fsp3) is 0.316. The minimum Gasteiger partial charge on any atom is -0.478 e. The second-order valence-corrected chi connectivity index (χ2v) is 6.54. The summed E-state index contributed by atoms with van der Waals surface area (Å²) in [5.41, 5.74) is 2.23. The zero-order valence-electron chi connectivity index (χ0n) is 13.9. The van der Waals surface area contributed by atoms with Crippen molar-refractivity contribution in [3.05, 3.63) is 59.9 Å². The van der Waals surface area contributed by atoms with Crippen molar-refractivity contribution in [1.82, 2.24) is 14.6 Å². The summed E-state index contributed by atoms with van der Waals surface area (Å²) in [5.74, 6) is 0.788. The number of anilines is 1. The van der Waals surface area contributed by atoms with Gasteiger partial charge in [0.15, 0.2) is 5.65 Å². The Morgan fingerprint density at radius 1 is 1.12 bits per heavy atom. The lowest BCUT2D eigenvalue weighted by molar-refractivity contribution is 0.0695. The molecule has 0 amide bonds. The van der Waals surface area contributed by atoms with Crippen LogP contribution in [0.3, 0.4) is 0 Å². The van der Waals surface area contributed by atoms with Crippen LogP contribution in [0.1, 0.15) is 28.8 Å². The maximum Gasteiger partial charge on any atom is 0.335 e. The van der Waals surface area contributed by atoms with Crippen LogP contribution in [0, 0.1) is 5.92 Å². The molecule has 0 atom stereocenters. The molecule has 3 aromatic rings. The molecule has 1 aliphatic heterocycles. The topological polar surface area (TPSA) is 70.7 Å². The zero-order valence-corrected chi connectivity index (χ0v) is 13.9. The van der Waals surface area contributed by atoms with Crippen LogP contribution in [0.5, 0.6) is 0 Å². The van der Waals surface area contributed by atoms with Gasteiger partial charge < -0.3 is 10.0 Å². The number of rotatable bonds is 4. The minimum atomic E-state index is -0.840. The van der Waals surface area contributed by atoms with Crippen molar-refractivity contribution in [3.63, 3.8) is 0 Å². The van der Waals surface area contributed by atoms with Gasteiger partial charge in [-0.05, 0) is 48.9 Å². The van der Waals surface area contributed by atoms with Gasteiger partial charge in [-0.3, -0.25) is 4.40 Å². The number of aromatic carboxylic acids is 1. The molecule has 6 heteroatoms. The summed E-state index contributed by atoms with van der Waals surface area (Å²) in [6.07, 6.45) is 4.67. The highest BCUT2D eigenvalue weighted by molar-refractivity contribution is 5.89. The molecule has 1 N–H and O–H groups in total. The van der Waals surface area contributed by atoms with Crippen molar-refractivity contribution in [2.75, 3.05) is 18.0 Å². The van der Waals surface area contributed by atoms with E-state index in [2.05, 4.69) is 21.2 Å². The quantitative estimate of drug-likeness (QED) is 0.793. The van der Waals surface area contributed by atoms with Crippen molar-refractivity contribution in [1.29, 1.82) is 0 Å². The molecular formula is C19H20N4O2. The highest BCUT2D eigenvalue weighted by atomic mass is 16.4. The number of benzene rings is 1. The molecule has 2 aromatic heterocycles. The molecule has 0 bridgehead atoms. The van der Waals surface area contributed by atoms with Gasteiger partial charge in [-0.2, -0.15) is 0 Å². The lowest BCUT2D eigenvalue weighted by Gasteiger charge is -2.34. The molecule has 3 heterocycles. The van der Waals surface area contributed by atoms with Gasteiger partial charge in [0.25, 0.3) is 0 Å². The molecule has 0 saturated carbocycles. The Kier molecular flexibility index (Phi) is 4.09. The summed E-state index contributed by atoms with van der Waals surface area (Å²) in [4.78, 5) is 13.7. The third-order valence-electron chi connectivity index (χ3n) is 5.01. The molecule has 1 fully saturated rings. The molecule has 128 valence electrons. The Balaban J connectivity index is 1.46. The molecule has 6 nitrogen and oxygen atoms in total. The van der Waals surface area contributed by atoms with Crippen LogP contribution >= 0.6 is 0 Å². The molecule has 0 unspecified atom stereocenters. The van der Waals surface area contributed by atoms with E-state index in [9.17, 15) is 9.90 Å². The van der Waals surface area contributed by atoms with E-state index >= 15 is 0 Å². The number of hydrogen-bond donors (Lipinski definition) is 1. The first-order valence-electron chi connectivity index (χ1n) is 8.57. The van der Waals surface area contributed by atoms with E-state index in [1.807, 2.05) is 28.7 Å². The first kappa shape index (κ1) is 15.6. The van der Waals surface area contributed by atoms with Gasteiger partial charge in [-0.25, -0.2) is 4.79 Å². The fourth-order valence-corrected chi connectivity index (χ4v) is 3.68. The summed E-state index contributed by atoms with van der Waals surface area (Å²) in [5, 5.41) is 17.4. The lowest BCUT2D eigenvalue weighted by atomic mass is 9.88. The van der Waals surface area contributed by atoms with Crippen LogP contribution < -0.4 is 4.90 Å². The van der Waals surface area contributed by atoms with Crippen molar-refractivity contribution in [2.45, 2.75) is 19.3 Å². The van der Waals surface area contributed by atoms with E-state index in [0.29, 0.717) is 11.5 Å². The largest absolute Gasteiger partial charge is 0.478 e. The number of aromatic nitrogens is 3. The average Bonchev–Trinajstić information content (AvgIpc) is 3.11. The molecule has 25 heavy (non-hydrogen) atoms. The number of pyridine rings is 1. The van der Waals surface area contributed by atoms with Gasteiger partial charge in [0.2, 0.25) is 0 Å². The Labute approximate surface area is 145 Å². The molecule has 1 aliphatic rings. The number of piperidine rings is 1. The van der Waals surface area contributed by atoms with Crippen molar-refractivity contribution in [2.24, 2.45) is 5.92 Å². The Hall–Kier alpha value is -2.89. The first-order valence-corrected chi connectivity index (χ1v) is 8.57. The summed E-state index contributed by atoms with van der Waals surface area (Å²) >= 11 is 0. The number of hydrogen-bond acceptors (Lipinski definition) is 4. The lowest BCUT2D eigenvalue weighted by Crippen LogP contribution is -2.35. The van der Waals surface area contributed by atoms with Crippen LogP contribution in [0.15, 0.2) is 48.8 Å². The van der Waals surface area contributed by atoms with Crippen LogP contribution in [0.2, 0.25) is 0 Å². The fourth-order valence-electron chi connectivity index (χ4n) is 3.68. The van der Waals surface area contributed by atoms with Crippen molar-refractivity contribution >= 4 is 17.4 Å². The number of carbonyl (C=O) groups is 1. The minimum absolute atomic E-state index is 0.430. The predicted molar refractivity (Wildman–Crippen MR) is 95.0 cm³/mol. The van der Waals surface area contributed by atoms with Crippen LogP contribution in [-0.4, -0.2) is 38.8 Å². The summed E-state index contributed by atoms with van der Waals surface area (Å²) in [7, 11) is 0. The highest BCUT2D eigenvalue weighted by Crippen LogP contribution is 2.27. The van der Waals surface area contributed by atoms with Gasteiger partial charge in [-0.1, -0.05) is 24.3 Å². The summed E-state index contributed by atoms with van der Waals surface area (Å²) < 4.78 is 2.01. The smallest absolute Gasteiger partial charge is 0.335 e. The molecule has 0 spiro atoms. The van der Waals surface area contributed by atoms with Crippen molar-refractivity contribution < 1.29 is 9.90 Å². The summed E-state index contributed by atoms with van der Waals surface area (Å²) in [6, 6.07) is 13.4. The first-order chi connectivity index (χ1) is 12.2. The monoisotopic (exact) mass is 336 g/mol. The Bertz CT molecular complexity index is 897. The van der Waals surface area contributed by atoms with Gasteiger partial charge in [-0.15, -0.1) is 10.2 Å². The van der Waals surface area contributed by atoms with Crippen LogP contribution in [0.4, 0.5) is 5.82 Å². The number of nitrogens with zero attached hydrogens (tertiary/aromatic N) is 4. The molecule has 1 saturated heterocycles. The Morgan fingerprint density at radius 3 is 2.72 bits per heavy atom. The molecule has 1 aromatic carbocycles. The highest BCUT2D eigenvalue weighted by Gasteiger charge is 2.22. The van der Waals surface area contributed by atoms with Gasteiger partial charge in [0.1, 0.15) is 12.1 Å². The van der Waals surface area contributed by atoms with E-state index in [4.69, 9.17) is 0 Å². The Morgan fingerprint density at radius 2 is 1.92 bits per heavy atom. The third kappa shape index (κ3) is 3.07. The predicted octanol–water partition coefficient (Wildman–Crippen LogP) is 2.89. The van der Waals surface area contributed by atoms with Crippen molar-refractivity contribution in [3.8, 4) is 0 Å². The molecule has 0 radical (unpaired) electrons. The van der Waals surface area contributed by atoms with Gasteiger partial charge in [0, 0.05) is 13.1 Å². The second-order valence-electron chi connectivity index (χ2n) is 6.54. The molecule has 4 rings (SSSR count). The van der Waals surface area contributed by atoms with Gasteiger partial charge in [0.05, 0.1) is 5.56 Å². The van der Waals surface area contributed by atoms with E-state index < -0.39 is 5.97 Å². The van der Waals surface area contributed by atoms with E-state index in [1.54, 1.807) is 18.5 Å². The number of carboxylic acids is 1. The maximum atomic E-state index is 11.4. The second kappa shape index (κ2) is 6.55. The number of fused-ring (bicyclic) bond motifs is 1. The maximum absolute atomic E-state index is 11.4. The SMILES string of the molecule is O=C(O)c1ccccc1CC1CCN(c2cccc3nncn23)CC1. The van der Waals surface area contributed by atoms with Gasteiger partial charge >= 0.3 is 5.97 Å². The normalized spacial score (nSPS) is 15.6. The van der Waals surface area contributed by atoms with E-state index in [0.717, 1.165) is 49.4 Å². The molecule has 0 aliphatic carbocycles. The zero-order chi connectivity index (χ0) is 17.2. The van der Waals surface area contributed by atoms with E-state index in [1.165, 1.54) is 0 Å². The molecular weight excluding hydrogens is 316 g/mol. The van der Waals surface area contributed by atoms with E-state index in [-0.39, 0.29) is 0 Å². The third-order valence-corrected chi connectivity index (χ3v) is 5.01. The van der Waals surface area contributed by atoms with Crippen LogP contribution in [-0.2, 0) is 6.42 Å². The number of carboxylic acid groups (broad SMARTS) is 1. The standard InChI is InChI=1S/C19H20N4O2/c24-19(25)16-5-2-1-4-15(16)12-14-8-10-22(11-9-14)18-7-3-6-17-21-20-13-23(17)18/h1-7,13-14H,8-12H2,(H,24,25). The summed E-state index contributed by atoms with van der Waals surface area (Å²) in [6.45, 7) is 1.91. The van der Waals surface area contributed by atoms with Crippen LogP contribution in [0.25, 0.3) is 5.65 Å².